The minimum Gasteiger partial charge on any atom is -0.395 e. The van der Waals surface area contributed by atoms with E-state index in [1.54, 1.807) is 15.6 Å². The molecule has 25 heavy (non-hydrogen) atoms. The molecule has 0 saturated heterocycles. The summed E-state index contributed by atoms with van der Waals surface area (Å²) in [6, 6.07) is 1.68. The Hall–Kier alpha value is -2.42. The van der Waals surface area contributed by atoms with Gasteiger partial charge in [0.2, 0.25) is 6.10 Å². The molecule has 0 bridgehead atoms. The first kappa shape index (κ1) is 17.4. The summed E-state index contributed by atoms with van der Waals surface area (Å²) in [5, 5.41) is 19.6. The second-order valence-corrected chi connectivity index (χ2v) is 6.52. The fourth-order valence-corrected chi connectivity index (χ4v) is 2.90. The van der Waals surface area contributed by atoms with Crippen molar-refractivity contribution >= 4 is 17.5 Å². The van der Waals surface area contributed by atoms with Crippen LogP contribution in [-0.2, 0) is 22.7 Å². The van der Waals surface area contributed by atoms with Crippen molar-refractivity contribution in [3.05, 3.63) is 17.5 Å². The SMILES string of the molecule is CC(C)C1=NO[C@@H](C(=O)N2CCn3nc(C(=O)NCCO)cc3C2)C1. The van der Waals surface area contributed by atoms with Crippen molar-refractivity contribution in [2.75, 3.05) is 19.7 Å². The molecule has 1 atom stereocenters. The summed E-state index contributed by atoms with van der Waals surface area (Å²) in [6.07, 6.45) is -0.0275. The number of oxime groups is 1. The zero-order valence-corrected chi connectivity index (χ0v) is 14.4. The lowest BCUT2D eigenvalue weighted by Crippen LogP contribution is -2.43. The third-order valence-electron chi connectivity index (χ3n) is 4.37. The fraction of sp³-hybridized carbons (Fsp3) is 0.625. The first-order chi connectivity index (χ1) is 12.0. The van der Waals surface area contributed by atoms with Gasteiger partial charge in [-0.15, -0.1) is 0 Å². The molecule has 2 N–H and O–H groups in total. The maximum absolute atomic E-state index is 12.7. The largest absolute Gasteiger partial charge is 0.395 e. The van der Waals surface area contributed by atoms with Gasteiger partial charge in [0.05, 0.1) is 31.1 Å². The predicted octanol–water partition coefficient (Wildman–Crippen LogP) is -0.252. The Bertz CT molecular complexity index is 697. The van der Waals surface area contributed by atoms with Crippen molar-refractivity contribution in [3.63, 3.8) is 0 Å². The minimum absolute atomic E-state index is 0.0851. The number of aromatic nitrogens is 2. The molecule has 3 rings (SSSR count). The van der Waals surface area contributed by atoms with Crippen LogP contribution in [0.3, 0.4) is 0 Å². The van der Waals surface area contributed by atoms with Crippen LogP contribution in [-0.4, -0.2) is 63.1 Å². The van der Waals surface area contributed by atoms with Crippen molar-refractivity contribution in [2.45, 2.75) is 39.5 Å². The van der Waals surface area contributed by atoms with E-state index in [1.807, 2.05) is 13.8 Å². The van der Waals surface area contributed by atoms with Crippen LogP contribution in [0.5, 0.6) is 0 Å². The molecular weight excluding hydrogens is 326 g/mol. The van der Waals surface area contributed by atoms with Crippen LogP contribution in [0.4, 0.5) is 0 Å². The number of rotatable bonds is 5. The second kappa shape index (κ2) is 7.22. The zero-order chi connectivity index (χ0) is 18.0. The Morgan fingerprint density at radius 3 is 2.92 bits per heavy atom. The van der Waals surface area contributed by atoms with Crippen molar-refractivity contribution in [2.24, 2.45) is 11.1 Å². The third-order valence-corrected chi connectivity index (χ3v) is 4.37. The van der Waals surface area contributed by atoms with Gasteiger partial charge in [-0.2, -0.15) is 5.10 Å². The molecule has 0 aromatic carbocycles. The maximum Gasteiger partial charge on any atom is 0.271 e. The summed E-state index contributed by atoms with van der Waals surface area (Å²) in [4.78, 5) is 31.6. The number of hydrogen-bond acceptors (Lipinski definition) is 6. The van der Waals surface area contributed by atoms with E-state index in [2.05, 4.69) is 15.6 Å². The Morgan fingerprint density at radius 1 is 1.44 bits per heavy atom. The molecule has 0 fully saturated rings. The van der Waals surface area contributed by atoms with Gasteiger partial charge in [-0.3, -0.25) is 14.3 Å². The lowest BCUT2D eigenvalue weighted by atomic mass is 10.0. The van der Waals surface area contributed by atoms with E-state index in [9.17, 15) is 9.59 Å². The van der Waals surface area contributed by atoms with Crippen LogP contribution < -0.4 is 5.32 Å². The van der Waals surface area contributed by atoms with E-state index in [0.717, 1.165) is 11.4 Å². The summed E-state index contributed by atoms with van der Waals surface area (Å²) >= 11 is 0. The van der Waals surface area contributed by atoms with Crippen LogP contribution in [0.1, 0.15) is 36.5 Å². The van der Waals surface area contributed by atoms with E-state index in [1.165, 1.54) is 0 Å². The molecule has 2 aliphatic rings. The first-order valence-corrected chi connectivity index (χ1v) is 8.46. The predicted molar refractivity (Wildman–Crippen MR) is 88.8 cm³/mol. The molecule has 9 nitrogen and oxygen atoms in total. The smallest absolute Gasteiger partial charge is 0.271 e. The number of amides is 2. The van der Waals surface area contributed by atoms with Gasteiger partial charge in [-0.25, -0.2) is 0 Å². The highest BCUT2D eigenvalue weighted by molar-refractivity contribution is 5.94. The van der Waals surface area contributed by atoms with E-state index < -0.39 is 6.10 Å². The maximum atomic E-state index is 12.7. The highest BCUT2D eigenvalue weighted by atomic mass is 16.6. The number of hydrogen-bond donors (Lipinski definition) is 2. The van der Waals surface area contributed by atoms with Gasteiger partial charge in [0, 0.05) is 19.5 Å². The van der Waals surface area contributed by atoms with Crippen molar-refractivity contribution in [3.8, 4) is 0 Å². The van der Waals surface area contributed by atoms with E-state index in [4.69, 9.17) is 9.94 Å². The Morgan fingerprint density at radius 2 is 2.24 bits per heavy atom. The van der Waals surface area contributed by atoms with Gasteiger partial charge in [0.15, 0.2) is 5.69 Å². The molecule has 2 amide bonds. The van der Waals surface area contributed by atoms with Gasteiger partial charge >= 0.3 is 0 Å². The van der Waals surface area contributed by atoms with E-state index in [-0.39, 0.29) is 30.9 Å². The number of nitrogens with zero attached hydrogens (tertiary/aromatic N) is 4. The number of aliphatic hydroxyl groups excluding tert-OH is 1. The fourth-order valence-electron chi connectivity index (χ4n) is 2.90. The van der Waals surface area contributed by atoms with Crippen molar-refractivity contribution < 1.29 is 19.5 Å². The minimum atomic E-state index is -0.556. The van der Waals surface area contributed by atoms with Gasteiger partial charge in [0.1, 0.15) is 0 Å². The van der Waals surface area contributed by atoms with E-state index in [0.29, 0.717) is 31.7 Å². The van der Waals surface area contributed by atoms with Gasteiger partial charge in [-0.05, 0) is 12.0 Å². The average molecular weight is 349 g/mol. The topological polar surface area (TPSA) is 109 Å². The number of fused-ring (bicyclic) bond motifs is 1. The Balaban J connectivity index is 1.62. The summed E-state index contributed by atoms with van der Waals surface area (Å²) in [5.74, 6) is -0.151. The highest BCUT2D eigenvalue weighted by Crippen LogP contribution is 2.21. The first-order valence-electron chi connectivity index (χ1n) is 8.46. The van der Waals surface area contributed by atoms with Crippen LogP contribution in [0, 0.1) is 5.92 Å². The van der Waals surface area contributed by atoms with Crippen LogP contribution in [0.15, 0.2) is 11.2 Å². The normalized spacial score (nSPS) is 19.4. The molecule has 0 spiro atoms. The zero-order valence-electron chi connectivity index (χ0n) is 14.4. The molecule has 3 heterocycles. The summed E-state index contributed by atoms with van der Waals surface area (Å²) < 4.78 is 1.74. The average Bonchev–Trinajstić information content (AvgIpc) is 3.25. The monoisotopic (exact) mass is 349 g/mol. The van der Waals surface area contributed by atoms with Crippen LogP contribution in [0.2, 0.25) is 0 Å². The lowest BCUT2D eigenvalue weighted by Gasteiger charge is -2.29. The number of aliphatic hydroxyl groups is 1. The van der Waals surface area contributed by atoms with Gasteiger partial charge in [-0.1, -0.05) is 19.0 Å². The molecular formula is C16H23N5O4. The van der Waals surface area contributed by atoms with Crippen molar-refractivity contribution in [1.82, 2.24) is 20.0 Å². The summed E-state index contributed by atoms with van der Waals surface area (Å²) in [7, 11) is 0. The number of nitrogens with one attached hydrogen (secondary N) is 1. The number of carbonyl (C=O) groups excluding carboxylic acids is 2. The molecule has 0 saturated carbocycles. The molecule has 0 radical (unpaired) electrons. The molecule has 1 aromatic heterocycles. The Labute approximate surface area is 145 Å². The van der Waals surface area contributed by atoms with Crippen molar-refractivity contribution in [1.29, 1.82) is 0 Å². The number of carbonyl (C=O) groups is 2. The standard InChI is InChI=1S/C16H23N5O4/c1-10(2)12-8-14(25-19-12)16(24)20-4-5-21-11(9-20)7-13(18-21)15(23)17-3-6-22/h7,10,14,22H,3-6,8-9H2,1-2H3,(H,17,23)/t14-/m1/s1. The quantitative estimate of drug-likeness (QED) is 0.762. The lowest BCUT2D eigenvalue weighted by molar-refractivity contribution is -0.143. The third kappa shape index (κ3) is 3.65. The molecule has 136 valence electrons. The van der Waals surface area contributed by atoms with Gasteiger partial charge in [0.25, 0.3) is 11.8 Å². The van der Waals surface area contributed by atoms with Gasteiger partial charge < -0.3 is 20.2 Å². The van der Waals surface area contributed by atoms with Crippen LogP contribution in [0.25, 0.3) is 0 Å². The summed E-state index contributed by atoms with van der Waals surface area (Å²) in [5.41, 5.74) is 2.00. The highest BCUT2D eigenvalue weighted by Gasteiger charge is 2.34. The second-order valence-electron chi connectivity index (χ2n) is 6.52. The molecule has 2 aliphatic heterocycles. The van der Waals surface area contributed by atoms with E-state index >= 15 is 0 Å². The summed E-state index contributed by atoms with van der Waals surface area (Å²) in [6.45, 7) is 5.54. The molecule has 0 unspecified atom stereocenters. The molecule has 1 aromatic rings. The Kier molecular flexibility index (Phi) is 5.03. The molecule has 0 aliphatic carbocycles. The molecule has 9 heteroatoms. The van der Waals surface area contributed by atoms with Crippen LogP contribution >= 0.6 is 0 Å².